The summed E-state index contributed by atoms with van der Waals surface area (Å²) in [5.74, 6) is 1.02. The molecule has 0 heterocycles. The van der Waals surface area contributed by atoms with E-state index in [1.54, 1.807) is 20.8 Å². The molecule has 0 aliphatic heterocycles. The second kappa shape index (κ2) is 3.81. The highest BCUT2D eigenvalue weighted by molar-refractivity contribution is 6.25. The number of ether oxygens (including phenoxy) is 1. The van der Waals surface area contributed by atoms with Crippen molar-refractivity contribution in [2.24, 2.45) is 5.41 Å². The Hall–Kier alpha value is -0.240. The number of rotatable bonds is 3. The maximum Gasteiger partial charge on any atom is 0.313 e. The monoisotopic (exact) mass is 163 g/mol. The number of hydrogen-bond donors (Lipinski definition) is 0. The normalized spacial score (nSPS) is 11.2. The van der Waals surface area contributed by atoms with Crippen molar-refractivity contribution in [1.29, 1.82) is 0 Å². The molecule has 0 fully saturated rings. The first-order chi connectivity index (χ1) is 4.54. The van der Waals surface area contributed by atoms with E-state index >= 15 is 0 Å². The van der Waals surface area contributed by atoms with Crippen LogP contribution in [0.15, 0.2) is 0 Å². The fraction of sp³-hybridized carbons (Fsp3) is 0.714. The van der Waals surface area contributed by atoms with Crippen LogP contribution in [-0.2, 0) is 9.53 Å². The molecule has 0 aromatic heterocycles. The van der Waals surface area contributed by atoms with Gasteiger partial charge in [-0.05, 0) is 20.8 Å². The van der Waals surface area contributed by atoms with E-state index in [1.807, 2.05) is 0 Å². The molecule has 2 nitrogen and oxygen atoms in total. The predicted octanol–water partition coefficient (Wildman–Crippen LogP) is 1.98. The predicted molar refractivity (Wildman–Crippen MR) is 40.6 cm³/mol. The minimum absolute atomic E-state index is 0.287. The molecule has 3 heteroatoms. The quantitative estimate of drug-likeness (QED) is 0.595. The van der Waals surface area contributed by atoms with Gasteiger partial charge in [-0.15, -0.1) is 11.6 Å². The Labute approximate surface area is 66.5 Å². The Bertz CT molecular complexity index is 121. The Morgan fingerprint density at radius 3 is 2.50 bits per heavy atom. The SMILES string of the molecule is CCOC(=O)C(C)(C)[CH]Cl. The topological polar surface area (TPSA) is 26.3 Å². The zero-order valence-corrected chi connectivity index (χ0v) is 7.23. The van der Waals surface area contributed by atoms with Crippen LogP contribution in [0, 0.1) is 11.3 Å². The van der Waals surface area contributed by atoms with Crippen LogP contribution in [0.5, 0.6) is 0 Å². The molecule has 0 aliphatic rings. The first-order valence-corrected chi connectivity index (χ1v) is 3.60. The number of hydrogen-bond acceptors (Lipinski definition) is 2. The van der Waals surface area contributed by atoms with Gasteiger partial charge in [0.25, 0.3) is 0 Å². The fourth-order valence-corrected chi connectivity index (χ4v) is 0.451. The highest BCUT2D eigenvalue weighted by atomic mass is 35.5. The van der Waals surface area contributed by atoms with Crippen LogP contribution < -0.4 is 0 Å². The molecule has 0 rings (SSSR count). The third-order valence-corrected chi connectivity index (χ3v) is 1.62. The molecule has 0 unspecified atom stereocenters. The highest BCUT2D eigenvalue weighted by Crippen LogP contribution is 2.22. The van der Waals surface area contributed by atoms with E-state index < -0.39 is 5.41 Å². The molecule has 0 bridgehead atoms. The van der Waals surface area contributed by atoms with E-state index in [1.165, 1.54) is 5.88 Å². The van der Waals surface area contributed by atoms with Gasteiger partial charge < -0.3 is 4.74 Å². The van der Waals surface area contributed by atoms with Crippen molar-refractivity contribution in [3.8, 4) is 0 Å². The minimum Gasteiger partial charge on any atom is -0.466 e. The minimum atomic E-state index is -0.669. The van der Waals surface area contributed by atoms with E-state index in [0.29, 0.717) is 6.61 Å². The van der Waals surface area contributed by atoms with Crippen molar-refractivity contribution in [3.05, 3.63) is 5.88 Å². The van der Waals surface area contributed by atoms with Crippen LogP contribution in [0.1, 0.15) is 20.8 Å². The fourth-order valence-electron chi connectivity index (χ4n) is 0.362. The van der Waals surface area contributed by atoms with Gasteiger partial charge >= 0.3 is 5.97 Å². The van der Waals surface area contributed by atoms with Crippen LogP contribution in [-0.4, -0.2) is 12.6 Å². The molecule has 1 radical (unpaired) electrons. The maximum absolute atomic E-state index is 11.0. The summed E-state index contributed by atoms with van der Waals surface area (Å²) in [5, 5.41) is 0. The average Bonchev–Trinajstić information content (AvgIpc) is 1.89. The van der Waals surface area contributed by atoms with Crippen molar-refractivity contribution in [2.75, 3.05) is 6.61 Å². The largest absolute Gasteiger partial charge is 0.466 e. The summed E-state index contributed by atoms with van der Waals surface area (Å²) in [7, 11) is 0. The van der Waals surface area contributed by atoms with Crippen LogP contribution >= 0.6 is 11.6 Å². The van der Waals surface area contributed by atoms with Gasteiger partial charge in [0.1, 0.15) is 0 Å². The molecule has 0 aromatic rings. The molecule has 0 saturated heterocycles. The van der Waals surface area contributed by atoms with Gasteiger partial charge in [0, 0.05) is 0 Å². The van der Waals surface area contributed by atoms with E-state index in [9.17, 15) is 4.79 Å². The van der Waals surface area contributed by atoms with Crippen molar-refractivity contribution in [2.45, 2.75) is 20.8 Å². The second-order valence-corrected chi connectivity index (χ2v) is 2.77. The van der Waals surface area contributed by atoms with Crippen molar-refractivity contribution in [1.82, 2.24) is 0 Å². The summed E-state index contributed by atoms with van der Waals surface area (Å²) in [4.78, 5) is 11.0. The van der Waals surface area contributed by atoms with Gasteiger partial charge in [0.2, 0.25) is 0 Å². The zero-order valence-electron chi connectivity index (χ0n) is 6.48. The van der Waals surface area contributed by atoms with Crippen molar-refractivity contribution < 1.29 is 9.53 Å². The molecule has 0 spiro atoms. The molecular weight excluding hydrogens is 152 g/mol. The number of esters is 1. The molecule has 59 valence electrons. The third-order valence-electron chi connectivity index (χ3n) is 1.07. The molecule has 0 atom stereocenters. The molecular formula is C7H12ClO2. The van der Waals surface area contributed by atoms with Gasteiger partial charge in [0.15, 0.2) is 0 Å². The van der Waals surface area contributed by atoms with Gasteiger partial charge in [-0.1, -0.05) is 0 Å². The standard InChI is InChI=1S/C7H12ClO2/c1-4-10-6(9)7(2,3)5-8/h5H,4H2,1-3H3. The molecule has 0 saturated carbocycles. The zero-order chi connectivity index (χ0) is 8.20. The van der Waals surface area contributed by atoms with Crippen LogP contribution in [0.3, 0.4) is 0 Å². The summed E-state index contributed by atoms with van der Waals surface area (Å²) in [6.45, 7) is 5.57. The van der Waals surface area contributed by atoms with Gasteiger partial charge in [-0.2, -0.15) is 0 Å². The first-order valence-electron chi connectivity index (χ1n) is 3.16. The van der Waals surface area contributed by atoms with Crippen molar-refractivity contribution in [3.63, 3.8) is 0 Å². The lowest BCUT2D eigenvalue weighted by Crippen LogP contribution is -2.25. The number of carbonyl (C=O) groups is 1. The van der Waals surface area contributed by atoms with E-state index in [2.05, 4.69) is 0 Å². The summed E-state index contributed by atoms with van der Waals surface area (Å²) < 4.78 is 4.74. The van der Waals surface area contributed by atoms with E-state index in [4.69, 9.17) is 16.3 Å². The van der Waals surface area contributed by atoms with Crippen molar-refractivity contribution >= 4 is 17.6 Å². The number of halogens is 1. The Balaban J connectivity index is 3.91. The van der Waals surface area contributed by atoms with Gasteiger partial charge in [-0.25, -0.2) is 0 Å². The second-order valence-electron chi connectivity index (χ2n) is 2.55. The average molecular weight is 164 g/mol. The van der Waals surface area contributed by atoms with Crippen LogP contribution in [0.25, 0.3) is 0 Å². The Kier molecular flexibility index (Phi) is 3.72. The highest BCUT2D eigenvalue weighted by Gasteiger charge is 2.28. The lowest BCUT2D eigenvalue weighted by molar-refractivity contribution is -0.151. The first kappa shape index (κ1) is 9.76. The van der Waals surface area contributed by atoms with E-state index in [-0.39, 0.29) is 5.97 Å². The molecule has 0 N–H and O–H groups in total. The van der Waals surface area contributed by atoms with Crippen LogP contribution in [0.4, 0.5) is 0 Å². The van der Waals surface area contributed by atoms with Gasteiger partial charge in [-0.3, -0.25) is 4.79 Å². The Morgan fingerprint density at radius 1 is 1.70 bits per heavy atom. The molecule has 0 amide bonds. The summed E-state index contributed by atoms with van der Waals surface area (Å²) in [6, 6.07) is 0. The molecule has 0 aliphatic carbocycles. The Morgan fingerprint density at radius 2 is 2.20 bits per heavy atom. The van der Waals surface area contributed by atoms with Crippen LogP contribution in [0.2, 0.25) is 0 Å². The molecule has 0 aromatic carbocycles. The molecule has 10 heavy (non-hydrogen) atoms. The smallest absolute Gasteiger partial charge is 0.313 e. The maximum atomic E-state index is 11.0. The summed E-state index contributed by atoms with van der Waals surface area (Å²) in [6.07, 6.45) is 0. The third kappa shape index (κ3) is 2.56. The van der Waals surface area contributed by atoms with Gasteiger partial charge in [0.05, 0.1) is 17.9 Å². The number of carbonyl (C=O) groups excluding carboxylic acids is 1. The summed E-state index contributed by atoms with van der Waals surface area (Å²) in [5.41, 5.74) is -0.669. The lowest BCUT2D eigenvalue weighted by Gasteiger charge is -2.17. The lowest BCUT2D eigenvalue weighted by atomic mass is 9.97. The van der Waals surface area contributed by atoms with E-state index in [0.717, 1.165) is 0 Å². The summed E-state index contributed by atoms with van der Waals surface area (Å²) >= 11 is 5.40.